The minimum absolute atomic E-state index is 0.0711. The van der Waals surface area contributed by atoms with Gasteiger partial charge in [-0.1, -0.05) is 5.16 Å². The summed E-state index contributed by atoms with van der Waals surface area (Å²) in [5, 5.41) is 6.78. The number of nitrogens with zero attached hydrogens (tertiary/aromatic N) is 1. The van der Waals surface area contributed by atoms with Crippen molar-refractivity contribution in [2.45, 2.75) is 13.5 Å². The third-order valence-electron chi connectivity index (χ3n) is 2.25. The maximum Gasteiger partial charge on any atom is 0.159 e. The average Bonchev–Trinajstić information content (AvgIpc) is 2.80. The Morgan fingerprint density at radius 1 is 1.31 bits per heavy atom. The van der Waals surface area contributed by atoms with Crippen LogP contribution in [0.4, 0.5) is 5.69 Å². The van der Waals surface area contributed by atoms with E-state index in [2.05, 4.69) is 10.5 Å². The average molecular weight is 216 g/mol. The molecule has 0 saturated heterocycles. The highest BCUT2D eigenvalue weighted by molar-refractivity contribution is 5.94. The van der Waals surface area contributed by atoms with E-state index in [4.69, 9.17) is 4.52 Å². The lowest BCUT2D eigenvalue weighted by Gasteiger charge is -2.04. The SMILES string of the molecule is CC(=O)c1ccc(NCc2ccno2)cc1. The van der Waals surface area contributed by atoms with E-state index in [1.165, 1.54) is 0 Å². The highest BCUT2D eigenvalue weighted by Gasteiger charge is 2.00. The number of hydrogen-bond acceptors (Lipinski definition) is 4. The summed E-state index contributed by atoms with van der Waals surface area (Å²) in [6.07, 6.45) is 1.61. The zero-order valence-corrected chi connectivity index (χ0v) is 8.93. The first kappa shape index (κ1) is 10.4. The van der Waals surface area contributed by atoms with E-state index < -0.39 is 0 Å². The molecule has 0 bridgehead atoms. The van der Waals surface area contributed by atoms with Crippen molar-refractivity contribution in [3.63, 3.8) is 0 Å². The van der Waals surface area contributed by atoms with Crippen LogP contribution in [0.3, 0.4) is 0 Å². The zero-order chi connectivity index (χ0) is 11.4. The summed E-state index contributed by atoms with van der Waals surface area (Å²) in [6, 6.07) is 9.13. The lowest BCUT2D eigenvalue weighted by atomic mass is 10.1. The van der Waals surface area contributed by atoms with Crippen molar-refractivity contribution in [1.29, 1.82) is 0 Å². The molecular formula is C12H12N2O2. The third kappa shape index (κ3) is 2.48. The van der Waals surface area contributed by atoms with E-state index in [-0.39, 0.29) is 5.78 Å². The van der Waals surface area contributed by atoms with Crippen molar-refractivity contribution in [1.82, 2.24) is 5.16 Å². The highest BCUT2D eigenvalue weighted by atomic mass is 16.5. The van der Waals surface area contributed by atoms with Gasteiger partial charge in [-0.05, 0) is 31.2 Å². The lowest BCUT2D eigenvalue weighted by molar-refractivity contribution is 0.101. The van der Waals surface area contributed by atoms with Crippen LogP contribution in [0, 0.1) is 0 Å². The fourth-order valence-corrected chi connectivity index (χ4v) is 1.35. The maximum atomic E-state index is 11.1. The summed E-state index contributed by atoms with van der Waals surface area (Å²) >= 11 is 0. The summed E-state index contributed by atoms with van der Waals surface area (Å²) in [4.78, 5) is 11.1. The number of aromatic nitrogens is 1. The van der Waals surface area contributed by atoms with Gasteiger partial charge in [-0.25, -0.2) is 0 Å². The summed E-state index contributed by atoms with van der Waals surface area (Å²) in [7, 11) is 0. The monoisotopic (exact) mass is 216 g/mol. The Labute approximate surface area is 93.3 Å². The van der Waals surface area contributed by atoms with Gasteiger partial charge >= 0.3 is 0 Å². The van der Waals surface area contributed by atoms with Crippen LogP contribution < -0.4 is 5.32 Å². The molecule has 1 aromatic heterocycles. The molecule has 0 unspecified atom stereocenters. The van der Waals surface area contributed by atoms with Crippen LogP contribution in [0.2, 0.25) is 0 Å². The molecule has 0 fully saturated rings. The van der Waals surface area contributed by atoms with E-state index in [9.17, 15) is 4.79 Å². The predicted molar refractivity (Wildman–Crippen MR) is 60.3 cm³/mol. The molecule has 4 heteroatoms. The van der Waals surface area contributed by atoms with Gasteiger partial charge in [0, 0.05) is 17.3 Å². The van der Waals surface area contributed by atoms with Gasteiger partial charge in [0.05, 0.1) is 12.7 Å². The van der Waals surface area contributed by atoms with Gasteiger partial charge in [-0.3, -0.25) is 4.79 Å². The van der Waals surface area contributed by atoms with Crippen LogP contribution in [0.5, 0.6) is 0 Å². The first-order valence-corrected chi connectivity index (χ1v) is 5.00. The van der Waals surface area contributed by atoms with Crippen molar-refractivity contribution >= 4 is 11.5 Å². The molecule has 4 nitrogen and oxygen atoms in total. The number of benzene rings is 1. The zero-order valence-electron chi connectivity index (χ0n) is 8.93. The number of carbonyl (C=O) groups is 1. The van der Waals surface area contributed by atoms with Crippen LogP contribution >= 0.6 is 0 Å². The summed E-state index contributed by atoms with van der Waals surface area (Å²) < 4.78 is 4.95. The standard InChI is InChI=1S/C12H12N2O2/c1-9(15)10-2-4-11(5-3-10)13-8-12-6-7-14-16-12/h2-7,13H,8H2,1H3. The number of ketones is 1. The number of nitrogens with one attached hydrogen (secondary N) is 1. The van der Waals surface area contributed by atoms with Crippen molar-refractivity contribution < 1.29 is 9.32 Å². The van der Waals surface area contributed by atoms with Crippen molar-refractivity contribution in [3.05, 3.63) is 47.9 Å². The Morgan fingerprint density at radius 3 is 2.62 bits per heavy atom. The van der Waals surface area contributed by atoms with E-state index in [1.807, 2.05) is 12.1 Å². The second-order valence-electron chi connectivity index (χ2n) is 3.47. The quantitative estimate of drug-likeness (QED) is 0.798. The van der Waals surface area contributed by atoms with Crippen LogP contribution in [-0.4, -0.2) is 10.9 Å². The first-order valence-electron chi connectivity index (χ1n) is 5.00. The first-order chi connectivity index (χ1) is 7.75. The summed E-state index contributed by atoms with van der Waals surface area (Å²) in [6.45, 7) is 2.14. The van der Waals surface area contributed by atoms with Crippen molar-refractivity contribution in [3.8, 4) is 0 Å². The normalized spacial score (nSPS) is 10.1. The molecule has 1 aromatic carbocycles. The Hall–Kier alpha value is -2.10. The molecule has 0 atom stereocenters. The minimum atomic E-state index is 0.0711. The molecule has 0 spiro atoms. The smallest absolute Gasteiger partial charge is 0.159 e. The number of rotatable bonds is 4. The van der Waals surface area contributed by atoms with Gasteiger partial charge in [0.15, 0.2) is 11.5 Å². The molecule has 0 saturated carbocycles. The van der Waals surface area contributed by atoms with Gasteiger partial charge in [0.25, 0.3) is 0 Å². The van der Waals surface area contributed by atoms with Crippen LogP contribution in [0.25, 0.3) is 0 Å². The van der Waals surface area contributed by atoms with Gasteiger partial charge in [0.1, 0.15) is 0 Å². The molecule has 1 heterocycles. The maximum absolute atomic E-state index is 11.1. The van der Waals surface area contributed by atoms with E-state index in [0.29, 0.717) is 12.1 Å². The van der Waals surface area contributed by atoms with Gasteiger partial charge in [0.2, 0.25) is 0 Å². The molecule has 1 N–H and O–H groups in total. The summed E-state index contributed by atoms with van der Waals surface area (Å²) in [5.41, 5.74) is 1.66. The van der Waals surface area contributed by atoms with Gasteiger partial charge < -0.3 is 9.84 Å². The molecule has 16 heavy (non-hydrogen) atoms. The molecule has 82 valence electrons. The summed E-state index contributed by atoms with van der Waals surface area (Å²) in [5.74, 6) is 0.845. The Bertz CT molecular complexity index is 460. The molecule has 0 aliphatic heterocycles. The third-order valence-corrected chi connectivity index (χ3v) is 2.25. The predicted octanol–water partition coefficient (Wildman–Crippen LogP) is 2.49. The van der Waals surface area contributed by atoms with Crippen LogP contribution in [0.15, 0.2) is 41.1 Å². The Balaban J connectivity index is 1.98. The molecule has 2 rings (SSSR count). The number of Topliss-reactive ketones (excluding diaryl/α,β-unsaturated/α-hetero) is 1. The molecule has 0 radical (unpaired) electrons. The molecule has 0 aliphatic rings. The second-order valence-corrected chi connectivity index (χ2v) is 3.47. The lowest BCUT2D eigenvalue weighted by Crippen LogP contribution is -1.99. The van der Waals surface area contributed by atoms with Gasteiger partial charge in [-0.2, -0.15) is 0 Å². The van der Waals surface area contributed by atoms with Gasteiger partial charge in [-0.15, -0.1) is 0 Å². The van der Waals surface area contributed by atoms with E-state index in [1.54, 1.807) is 31.3 Å². The molecule has 2 aromatic rings. The highest BCUT2D eigenvalue weighted by Crippen LogP contribution is 2.11. The largest absolute Gasteiger partial charge is 0.378 e. The van der Waals surface area contributed by atoms with Crippen LogP contribution in [0.1, 0.15) is 23.0 Å². The Morgan fingerprint density at radius 2 is 2.06 bits per heavy atom. The fraction of sp³-hybridized carbons (Fsp3) is 0.167. The fourth-order valence-electron chi connectivity index (χ4n) is 1.35. The Kier molecular flexibility index (Phi) is 3.00. The number of anilines is 1. The van der Waals surface area contributed by atoms with E-state index >= 15 is 0 Å². The van der Waals surface area contributed by atoms with Crippen molar-refractivity contribution in [2.75, 3.05) is 5.32 Å². The molecule has 0 amide bonds. The molecule has 0 aliphatic carbocycles. The van der Waals surface area contributed by atoms with E-state index in [0.717, 1.165) is 11.4 Å². The van der Waals surface area contributed by atoms with Crippen molar-refractivity contribution in [2.24, 2.45) is 0 Å². The topological polar surface area (TPSA) is 55.1 Å². The second kappa shape index (κ2) is 4.61. The number of carbonyl (C=O) groups excluding carboxylic acids is 1. The molecular weight excluding hydrogens is 204 g/mol. The number of hydrogen-bond donors (Lipinski definition) is 1. The van der Waals surface area contributed by atoms with Crippen LogP contribution in [-0.2, 0) is 6.54 Å². The minimum Gasteiger partial charge on any atom is -0.378 e.